The zero-order valence-corrected chi connectivity index (χ0v) is 24.3. The first-order valence-electron chi connectivity index (χ1n) is 13.4. The Morgan fingerprint density at radius 1 is 1.14 bits per heavy atom. The summed E-state index contributed by atoms with van der Waals surface area (Å²) in [7, 11) is 1.44. The molecule has 0 bridgehead atoms. The van der Waals surface area contributed by atoms with E-state index in [1.165, 1.54) is 45.8 Å². The van der Waals surface area contributed by atoms with Crippen LogP contribution >= 0.6 is 11.6 Å². The number of hydrogen-bond donors (Lipinski definition) is 1. The number of alkyl halides is 5. The highest BCUT2D eigenvalue weighted by atomic mass is 35.5. The van der Waals surface area contributed by atoms with Crippen LogP contribution in [0.2, 0.25) is 5.02 Å². The third-order valence-electron chi connectivity index (χ3n) is 7.77. The van der Waals surface area contributed by atoms with Crippen molar-refractivity contribution in [1.29, 1.82) is 0 Å². The van der Waals surface area contributed by atoms with Crippen molar-refractivity contribution in [3.05, 3.63) is 75.3 Å². The number of ether oxygens (including phenoxy) is 1. The van der Waals surface area contributed by atoms with Gasteiger partial charge in [-0.15, -0.1) is 0 Å². The first kappa shape index (κ1) is 31.2. The lowest BCUT2D eigenvalue weighted by Crippen LogP contribution is -2.49. The Labute approximate surface area is 252 Å². The number of carbonyl (C=O) groups is 3. The summed E-state index contributed by atoms with van der Waals surface area (Å²) in [4.78, 5) is 46.7. The lowest BCUT2D eigenvalue weighted by molar-refractivity contribution is -0.141. The molecule has 0 saturated heterocycles. The molecule has 2 aliphatic heterocycles. The molecule has 2 aromatic heterocycles. The number of benzene rings is 1. The fraction of sp³-hybridized carbons (Fsp3) is 0.393. The number of fused-ring (bicyclic) bond motifs is 3. The summed E-state index contributed by atoms with van der Waals surface area (Å²) in [5, 5.41) is 6.50. The van der Waals surface area contributed by atoms with E-state index in [2.05, 4.69) is 20.1 Å². The van der Waals surface area contributed by atoms with Crippen molar-refractivity contribution in [3.63, 3.8) is 0 Å². The van der Waals surface area contributed by atoms with E-state index in [1.54, 1.807) is 13.8 Å². The van der Waals surface area contributed by atoms with Gasteiger partial charge in [0.15, 0.2) is 5.69 Å². The lowest BCUT2D eigenvalue weighted by Gasteiger charge is -2.38. The molecule has 44 heavy (non-hydrogen) atoms. The number of aromatic nitrogens is 3. The van der Waals surface area contributed by atoms with E-state index in [-0.39, 0.29) is 31.0 Å². The molecule has 0 spiro atoms. The van der Waals surface area contributed by atoms with E-state index in [4.69, 9.17) is 11.6 Å². The van der Waals surface area contributed by atoms with Crippen molar-refractivity contribution in [2.45, 2.75) is 57.7 Å². The predicted octanol–water partition coefficient (Wildman–Crippen LogP) is 4.64. The Morgan fingerprint density at radius 2 is 1.82 bits per heavy atom. The number of pyridine rings is 1. The van der Waals surface area contributed by atoms with E-state index in [0.29, 0.717) is 16.8 Å². The average molecular weight is 641 g/mol. The second kappa shape index (κ2) is 11.7. The maximum absolute atomic E-state index is 14.0. The van der Waals surface area contributed by atoms with Gasteiger partial charge in [-0.1, -0.05) is 23.7 Å². The number of amides is 3. The Kier molecular flexibility index (Phi) is 8.27. The SMILES string of the molecule is CNC(=O)[C@@H]1CN(C(C)c2ccc(OC(F)F)cc2)C(=O)c2c3c(nn21)C[C@@H](C)N(C(=O)c1ccc(Cl)c(C(F)(F)F)n1)C3. The van der Waals surface area contributed by atoms with E-state index < -0.39 is 65.0 Å². The molecule has 0 fully saturated rings. The number of nitrogens with zero attached hydrogens (tertiary/aromatic N) is 5. The molecule has 3 atom stereocenters. The fourth-order valence-electron chi connectivity index (χ4n) is 5.48. The van der Waals surface area contributed by atoms with E-state index in [0.717, 1.165) is 12.1 Å². The Hall–Kier alpha value is -4.27. The summed E-state index contributed by atoms with van der Waals surface area (Å²) >= 11 is 5.68. The summed E-state index contributed by atoms with van der Waals surface area (Å²) in [6.07, 6.45) is -4.72. The van der Waals surface area contributed by atoms with Gasteiger partial charge in [0.2, 0.25) is 5.91 Å². The zero-order chi connectivity index (χ0) is 32.1. The molecule has 2 aliphatic rings. The van der Waals surface area contributed by atoms with E-state index in [9.17, 15) is 36.3 Å². The number of rotatable bonds is 6. The van der Waals surface area contributed by atoms with Crippen molar-refractivity contribution >= 4 is 29.3 Å². The number of nitrogens with one attached hydrogen (secondary N) is 1. The molecular formula is C28H26ClF5N6O4. The molecule has 1 unspecified atom stereocenters. The van der Waals surface area contributed by atoms with E-state index in [1.807, 2.05) is 0 Å². The fourth-order valence-corrected chi connectivity index (χ4v) is 5.69. The third-order valence-corrected chi connectivity index (χ3v) is 8.07. The van der Waals surface area contributed by atoms with Crippen LogP contribution in [0.1, 0.15) is 69.4 Å². The van der Waals surface area contributed by atoms with Gasteiger partial charge in [0.25, 0.3) is 11.8 Å². The summed E-state index contributed by atoms with van der Waals surface area (Å²) in [6, 6.07) is 5.71. The van der Waals surface area contributed by atoms with Crippen molar-refractivity contribution in [1.82, 2.24) is 29.9 Å². The molecule has 3 aromatic rings. The maximum atomic E-state index is 14.0. The minimum Gasteiger partial charge on any atom is -0.435 e. The summed E-state index contributed by atoms with van der Waals surface area (Å²) in [5.41, 5.74) is -0.381. The molecule has 10 nitrogen and oxygen atoms in total. The zero-order valence-electron chi connectivity index (χ0n) is 23.5. The first-order chi connectivity index (χ1) is 20.7. The van der Waals surface area contributed by atoms with Crippen molar-refractivity contribution in [2.24, 2.45) is 0 Å². The highest BCUT2D eigenvalue weighted by molar-refractivity contribution is 6.31. The second-order valence-electron chi connectivity index (χ2n) is 10.4. The topological polar surface area (TPSA) is 110 Å². The minimum absolute atomic E-state index is 0.0599. The Morgan fingerprint density at radius 3 is 2.43 bits per heavy atom. The summed E-state index contributed by atoms with van der Waals surface area (Å²) < 4.78 is 71.2. The van der Waals surface area contributed by atoms with Crippen molar-refractivity contribution in [3.8, 4) is 5.75 Å². The Bertz CT molecular complexity index is 1610. The van der Waals surface area contributed by atoms with Gasteiger partial charge < -0.3 is 19.9 Å². The molecule has 5 rings (SSSR count). The van der Waals surface area contributed by atoms with Crippen LogP contribution in [0.5, 0.6) is 5.75 Å². The average Bonchev–Trinajstić information content (AvgIpc) is 3.34. The molecule has 234 valence electrons. The molecule has 0 saturated carbocycles. The van der Waals surface area contributed by atoms with Crippen molar-refractivity contribution < 1.29 is 41.1 Å². The summed E-state index contributed by atoms with van der Waals surface area (Å²) in [5.74, 6) is -1.78. The van der Waals surface area contributed by atoms with Crippen molar-refractivity contribution in [2.75, 3.05) is 13.6 Å². The van der Waals surface area contributed by atoms with Gasteiger partial charge in [0, 0.05) is 25.1 Å². The van der Waals surface area contributed by atoms with Gasteiger partial charge in [-0.3, -0.25) is 14.4 Å². The van der Waals surface area contributed by atoms with Crippen LogP contribution in [0.15, 0.2) is 36.4 Å². The summed E-state index contributed by atoms with van der Waals surface area (Å²) in [6.45, 7) is 0.161. The molecule has 3 amide bonds. The normalized spacial score (nSPS) is 19.0. The number of hydrogen-bond acceptors (Lipinski definition) is 6. The standard InChI is InChI=1S/C28H26ClF5N6O4/c1-13-10-20-17(11-38(13)25(42)19-9-8-18(29)23(36-19)28(32,33)34)22-26(43)39(12-21(24(41)35-3)40(22)37-20)14(2)15-4-6-16(7-5-15)44-27(30)31/h4-9,13-14,21,27H,10-12H2,1-3H3,(H,35,41)/t13-,14?,21+/m1/s1. The smallest absolute Gasteiger partial charge is 0.434 e. The minimum atomic E-state index is -4.88. The van der Waals surface area contributed by atoms with Crippen LogP contribution in [0, 0.1) is 0 Å². The van der Waals surface area contributed by atoms with Crippen LogP contribution in [0.4, 0.5) is 22.0 Å². The van der Waals surface area contributed by atoms with Crippen LogP contribution in [0.3, 0.4) is 0 Å². The monoisotopic (exact) mass is 640 g/mol. The van der Waals surface area contributed by atoms with Gasteiger partial charge in [-0.2, -0.15) is 27.1 Å². The van der Waals surface area contributed by atoms with Gasteiger partial charge >= 0.3 is 12.8 Å². The van der Waals surface area contributed by atoms with Gasteiger partial charge in [-0.25, -0.2) is 9.67 Å². The molecule has 1 aromatic carbocycles. The number of carbonyl (C=O) groups excluding carboxylic acids is 3. The highest BCUT2D eigenvalue weighted by Gasteiger charge is 2.44. The second-order valence-corrected chi connectivity index (χ2v) is 10.8. The molecule has 0 aliphatic carbocycles. The van der Waals surface area contributed by atoms with Crippen LogP contribution in [-0.4, -0.2) is 68.5 Å². The molecule has 4 heterocycles. The first-order valence-corrected chi connectivity index (χ1v) is 13.8. The quantitative estimate of drug-likeness (QED) is 0.393. The third kappa shape index (κ3) is 5.67. The highest BCUT2D eigenvalue weighted by Crippen LogP contribution is 2.37. The number of likely N-dealkylation sites (N-methyl/N-ethyl adjacent to an activating group) is 1. The maximum Gasteiger partial charge on any atom is 0.434 e. The van der Waals surface area contributed by atoms with Gasteiger partial charge in [0.1, 0.15) is 23.2 Å². The predicted molar refractivity (Wildman–Crippen MR) is 145 cm³/mol. The van der Waals surface area contributed by atoms with Gasteiger partial charge in [-0.05, 0) is 43.7 Å². The Balaban J connectivity index is 1.50. The molecule has 0 radical (unpaired) electrons. The molecule has 16 heteroatoms. The largest absolute Gasteiger partial charge is 0.435 e. The van der Waals surface area contributed by atoms with Crippen LogP contribution in [0.25, 0.3) is 0 Å². The number of halogens is 6. The van der Waals surface area contributed by atoms with E-state index >= 15 is 0 Å². The molecule has 1 N–H and O–H groups in total. The lowest BCUT2D eigenvalue weighted by atomic mass is 9.96. The van der Waals surface area contributed by atoms with Crippen LogP contribution in [-0.2, 0) is 23.9 Å². The van der Waals surface area contributed by atoms with Crippen LogP contribution < -0.4 is 10.1 Å². The van der Waals surface area contributed by atoms with Gasteiger partial charge in [0.05, 0.1) is 29.8 Å². The molecular weight excluding hydrogens is 615 g/mol.